The zero-order valence-corrected chi connectivity index (χ0v) is 19.7. The second kappa shape index (κ2) is 9.30. The van der Waals surface area contributed by atoms with Gasteiger partial charge in [-0.2, -0.15) is 0 Å². The molecular weight excluding hydrogens is 372 g/mol. The molecule has 3 aliphatic rings. The molecule has 0 aliphatic heterocycles. The van der Waals surface area contributed by atoms with Gasteiger partial charge >= 0.3 is 0 Å². The quantitative estimate of drug-likeness (QED) is 0.520. The van der Waals surface area contributed by atoms with E-state index in [0.717, 1.165) is 29.9 Å². The lowest BCUT2D eigenvalue weighted by molar-refractivity contribution is 0.0596. The molecule has 6 atom stereocenters. The first-order chi connectivity index (χ1) is 14.0. The minimum atomic E-state index is -0.615. The first-order valence-corrected chi connectivity index (χ1v) is 12.2. The summed E-state index contributed by atoms with van der Waals surface area (Å²) in [6.45, 7) is 12.8. The third-order valence-corrected chi connectivity index (χ3v) is 8.44. The number of hydrogen-bond donors (Lipinski definition) is 3. The van der Waals surface area contributed by atoms with E-state index in [0.29, 0.717) is 30.1 Å². The monoisotopic (exact) mass is 416 g/mol. The smallest absolute Gasteiger partial charge is 0.0811 e. The Morgan fingerprint density at radius 2 is 1.97 bits per heavy atom. The van der Waals surface area contributed by atoms with E-state index in [9.17, 15) is 15.3 Å². The Hall–Kier alpha value is -0.900. The van der Waals surface area contributed by atoms with E-state index in [4.69, 9.17) is 0 Å². The fourth-order valence-corrected chi connectivity index (χ4v) is 6.74. The van der Waals surface area contributed by atoms with Crippen molar-refractivity contribution in [3.05, 3.63) is 35.5 Å². The standard InChI is InChI=1S/C27H44O3/c1-18(8-6-14-26(3,4)30)23-12-13-24-20(9-7-15-27(23,24)5)10-11-21-16-22(28)17-25(29)19(21)2/h10-11,18,22-25,28-30H,2,6-9,12-17H2,1,3-5H3/b20-10+,21-11-/t18-,22+,23-,24+,25+,27-/m1/s1. The first-order valence-electron chi connectivity index (χ1n) is 12.2. The molecule has 30 heavy (non-hydrogen) atoms. The molecule has 3 aliphatic carbocycles. The van der Waals surface area contributed by atoms with Gasteiger partial charge < -0.3 is 15.3 Å². The Bertz CT molecular complexity index is 683. The molecule has 0 saturated heterocycles. The fraction of sp³-hybridized carbons (Fsp3) is 0.778. The van der Waals surface area contributed by atoms with E-state index in [-0.39, 0.29) is 0 Å². The average Bonchev–Trinajstić information content (AvgIpc) is 3.00. The highest BCUT2D eigenvalue weighted by Gasteiger charge is 2.50. The summed E-state index contributed by atoms with van der Waals surface area (Å²) in [6, 6.07) is 0. The molecule has 170 valence electrons. The van der Waals surface area contributed by atoms with Crippen LogP contribution in [0.3, 0.4) is 0 Å². The van der Waals surface area contributed by atoms with Gasteiger partial charge in [-0.25, -0.2) is 0 Å². The molecule has 3 nitrogen and oxygen atoms in total. The van der Waals surface area contributed by atoms with Gasteiger partial charge in [0.2, 0.25) is 0 Å². The summed E-state index contributed by atoms with van der Waals surface area (Å²) in [6.07, 6.45) is 13.9. The Balaban J connectivity index is 1.70. The molecule has 0 spiro atoms. The van der Waals surface area contributed by atoms with Gasteiger partial charge in [-0.3, -0.25) is 0 Å². The number of hydrogen-bond acceptors (Lipinski definition) is 3. The van der Waals surface area contributed by atoms with Crippen LogP contribution < -0.4 is 0 Å². The number of fused-ring (bicyclic) bond motifs is 1. The van der Waals surface area contributed by atoms with E-state index in [1.54, 1.807) is 5.57 Å². The molecule has 3 saturated carbocycles. The Morgan fingerprint density at radius 3 is 2.67 bits per heavy atom. The summed E-state index contributed by atoms with van der Waals surface area (Å²) >= 11 is 0. The van der Waals surface area contributed by atoms with E-state index < -0.39 is 17.8 Å². The highest BCUT2D eigenvalue weighted by molar-refractivity contribution is 5.38. The average molecular weight is 417 g/mol. The van der Waals surface area contributed by atoms with Crippen molar-refractivity contribution in [1.29, 1.82) is 0 Å². The zero-order chi connectivity index (χ0) is 22.1. The summed E-state index contributed by atoms with van der Waals surface area (Å²) in [5.41, 5.74) is 3.17. The minimum Gasteiger partial charge on any atom is -0.393 e. The molecule has 3 N–H and O–H groups in total. The lowest BCUT2D eigenvalue weighted by atomic mass is 9.60. The summed E-state index contributed by atoms with van der Waals surface area (Å²) < 4.78 is 0. The lowest BCUT2D eigenvalue weighted by Gasteiger charge is -2.44. The maximum Gasteiger partial charge on any atom is 0.0811 e. The highest BCUT2D eigenvalue weighted by atomic mass is 16.3. The van der Waals surface area contributed by atoms with Crippen LogP contribution in [0.2, 0.25) is 0 Å². The zero-order valence-electron chi connectivity index (χ0n) is 19.7. The van der Waals surface area contributed by atoms with Crippen LogP contribution in [-0.2, 0) is 0 Å². The van der Waals surface area contributed by atoms with Gasteiger partial charge in [0.15, 0.2) is 0 Å². The molecule has 0 aromatic carbocycles. The molecule has 3 rings (SSSR count). The van der Waals surface area contributed by atoms with Gasteiger partial charge in [-0.15, -0.1) is 0 Å². The minimum absolute atomic E-state index is 0.374. The molecule has 0 unspecified atom stereocenters. The van der Waals surface area contributed by atoms with Crippen LogP contribution in [0.15, 0.2) is 35.5 Å². The third kappa shape index (κ3) is 5.29. The van der Waals surface area contributed by atoms with Crippen molar-refractivity contribution in [3.8, 4) is 0 Å². The van der Waals surface area contributed by atoms with Gasteiger partial charge in [0, 0.05) is 6.42 Å². The first kappa shape index (κ1) is 23.8. The highest BCUT2D eigenvalue weighted by Crippen LogP contribution is 2.60. The van der Waals surface area contributed by atoms with Crippen LogP contribution in [0.25, 0.3) is 0 Å². The second-order valence-electron chi connectivity index (χ2n) is 11.3. The van der Waals surface area contributed by atoms with Crippen molar-refractivity contribution in [1.82, 2.24) is 0 Å². The van der Waals surface area contributed by atoms with Crippen molar-refractivity contribution in [2.45, 2.75) is 110 Å². The molecule has 0 aromatic heterocycles. The van der Waals surface area contributed by atoms with E-state index in [1.807, 2.05) is 13.8 Å². The Labute approximate surface area is 184 Å². The second-order valence-corrected chi connectivity index (χ2v) is 11.3. The van der Waals surface area contributed by atoms with Gasteiger partial charge in [0.1, 0.15) is 0 Å². The number of aliphatic hydroxyl groups is 3. The molecule has 0 radical (unpaired) electrons. The molecular formula is C27H44O3. The third-order valence-electron chi connectivity index (χ3n) is 8.44. The van der Waals surface area contributed by atoms with Crippen LogP contribution in [0.5, 0.6) is 0 Å². The maximum atomic E-state index is 10.1. The van der Waals surface area contributed by atoms with Gasteiger partial charge in [-0.05, 0) is 93.1 Å². The van der Waals surface area contributed by atoms with E-state index >= 15 is 0 Å². The van der Waals surface area contributed by atoms with Gasteiger partial charge in [0.25, 0.3) is 0 Å². The van der Waals surface area contributed by atoms with Gasteiger partial charge in [0.05, 0.1) is 17.8 Å². The van der Waals surface area contributed by atoms with E-state index in [2.05, 4.69) is 32.6 Å². The lowest BCUT2D eigenvalue weighted by Crippen LogP contribution is -2.36. The molecule has 0 bridgehead atoms. The Kier molecular flexibility index (Phi) is 7.37. The van der Waals surface area contributed by atoms with Crippen LogP contribution in [0, 0.1) is 23.2 Å². The summed E-state index contributed by atoms with van der Waals surface area (Å²) in [7, 11) is 0. The summed E-state index contributed by atoms with van der Waals surface area (Å²) in [4.78, 5) is 0. The van der Waals surface area contributed by atoms with Crippen LogP contribution in [-0.4, -0.2) is 33.1 Å². The van der Waals surface area contributed by atoms with Crippen molar-refractivity contribution >= 4 is 0 Å². The largest absolute Gasteiger partial charge is 0.393 e. The number of allylic oxidation sites excluding steroid dienone is 3. The maximum absolute atomic E-state index is 10.1. The molecule has 0 amide bonds. The predicted molar refractivity (Wildman–Crippen MR) is 124 cm³/mol. The van der Waals surface area contributed by atoms with Crippen LogP contribution >= 0.6 is 0 Å². The van der Waals surface area contributed by atoms with Crippen molar-refractivity contribution in [3.63, 3.8) is 0 Å². The summed E-state index contributed by atoms with van der Waals surface area (Å²) in [5.74, 6) is 2.11. The summed E-state index contributed by atoms with van der Waals surface area (Å²) in [5, 5.41) is 30.2. The fourth-order valence-electron chi connectivity index (χ4n) is 6.74. The topological polar surface area (TPSA) is 60.7 Å². The van der Waals surface area contributed by atoms with E-state index in [1.165, 1.54) is 38.5 Å². The normalized spacial score (nSPS) is 38.8. The van der Waals surface area contributed by atoms with Gasteiger partial charge in [-0.1, -0.05) is 51.0 Å². The van der Waals surface area contributed by atoms with Crippen LogP contribution in [0.1, 0.15) is 91.9 Å². The molecule has 3 heteroatoms. The number of aliphatic hydroxyl groups excluding tert-OH is 2. The molecule has 0 heterocycles. The van der Waals surface area contributed by atoms with Crippen molar-refractivity contribution in [2.24, 2.45) is 23.2 Å². The molecule has 0 aromatic rings. The van der Waals surface area contributed by atoms with Crippen LogP contribution in [0.4, 0.5) is 0 Å². The SMILES string of the molecule is C=C1/C(=C\C=C2/CCC[C@]3(C)[C@@H]([C@H](C)CCCC(C)(C)O)CC[C@@H]23)C[C@H](O)C[C@@H]1O. The van der Waals surface area contributed by atoms with Crippen molar-refractivity contribution < 1.29 is 15.3 Å². The Morgan fingerprint density at radius 1 is 1.23 bits per heavy atom. The predicted octanol–water partition coefficient (Wildman–Crippen LogP) is 5.70. The number of rotatable bonds is 6. The van der Waals surface area contributed by atoms with Crippen molar-refractivity contribution in [2.75, 3.05) is 0 Å². The molecule has 3 fully saturated rings.